The Labute approximate surface area is 100.0 Å². The van der Waals surface area contributed by atoms with Gasteiger partial charge in [0.25, 0.3) is 0 Å². The number of rotatable bonds is 4. The van der Waals surface area contributed by atoms with Crippen LogP contribution in [0, 0.1) is 0 Å². The van der Waals surface area contributed by atoms with Crippen LogP contribution in [0.15, 0.2) is 41.8 Å². The third-order valence-electron chi connectivity index (χ3n) is 2.00. The highest BCUT2D eigenvalue weighted by Crippen LogP contribution is 2.00. The topological polar surface area (TPSA) is 51.8 Å². The van der Waals surface area contributed by atoms with E-state index in [1.807, 2.05) is 36.1 Å². The molecular weight excluding hydrogens is 220 g/mol. The predicted octanol–water partition coefficient (Wildman–Crippen LogP) is 0.591. The van der Waals surface area contributed by atoms with Crippen LogP contribution in [0.3, 0.4) is 0 Å². The van der Waals surface area contributed by atoms with Crippen molar-refractivity contribution in [2.24, 2.45) is 12.2 Å². The van der Waals surface area contributed by atoms with Crippen molar-refractivity contribution in [3.63, 3.8) is 0 Å². The van der Waals surface area contributed by atoms with E-state index in [0.717, 1.165) is 5.56 Å². The number of allylic oxidation sites excluding steroid dienone is 1. The number of aromatic nitrogens is 1. The molecule has 1 aromatic rings. The van der Waals surface area contributed by atoms with Gasteiger partial charge in [-0.25, -0.2) is 9.36 Å². The zero-order valence-electron chi connectivity index (χ0n) is 10.1. The molecule has 0 atom stereocenters. The highest BCUT2D eigenvalue weighted by atomic mass is 16.6. The van der Waals surface area contributed by atoms with Gasteiger partial charge < -0.3 is 9.57 Å². The predicted molar refractivity (Wildman–Crippen MR) is 62.3 cm³/mol. The monoisotopic (exact) mass is 235 g/mol. The first-order chi connectivity index (χ1) is 8.17. The summed E-state index contributed by atoms with van der Waals surface area (Å²) >= 11 is 0. The Balaban J connectivity index is 2.98. The SMILES string of the molecule is CO/N=C(/C=C/C(=O)OC)c1ccc[n+](C)c1. The lowest BCUT2D eigenvalue weighted by Gasteiger charge is -1.98. The van der Waals surface area contributed by atoms with Crippen molar-refractivity contribution in [3.8, 4) is 0 Å². The molecule has 0 unspecified atom stereocenters. The van der Waals surface area contributed by atoms with Crippen molar-refractivity contribution in [1.82, 2.24) is 0 Å². The van der Waals surface area contributed by atoms with Crippen LogP contribution in [0.25, 0.3) is 0 Å². The number of carbonyl (C=O) groups excluding carboxylic acids is 1. The Hall–Kier alpha value is -2.17. The maximum absolute atomic E-state index is 11.0. The summed E-state index contributed by atoms with van der Waals surface area (Å²) in [5, 5.41) is 3.85. The molecule has 0 aliphatic heterocycles. The fourth-order valence-corrected chi connectivity index (χ4v) is 1.23. The normalized spacial score (nSPS) is 11.6. The number of hydrogen-bond donors (Lipinski definition) is 0. The highest BCUT2D eigenvalue weighted by Gasteiger charge is 2.05. The molecule has 0 bridgehead atoms. The van der Waals surface area contributed by atoms with Gasteiger partial charge in [0.05, 0.1) is 12.7 Å². The molecule has 0 radical (unpaired) electrons. The standard InChI is InChI=1S/C12H15N2O3/c1-14-8-4-5-10(9-14)11(13-17-3)6-7-12(15)16-2/h4-9H,1-3H3/q+1/b7-6+,13-11-. The Morgan fingerprint density at radius 3 is 2.76 bits per heavy atom. The number of hydrogen-bond acceptors (Lipinski definition) is 4. The molecule has 17 heavy (non-hydrogen) atoms. The molecule has 0 spiro atoms. The largest absolute Gasteiger partial charge is 0.466 e. The zero-order valence-corrected chi connectivity index (χ0v) is 10.1. The van der Waals surface area contributed by atoms with Crippen molar-refractivity contribution in [3.05, 3.63) is 42.2 Å². The summed E-state index contributed by atoms with van der Waals surface area (Å²) in [5.74, 6) is -0.436. The number of ether oxygens (including phenoxy) is 1. The molecule has 0 saturated heterocycles. The van der Waals surface area contributed by atoms with Gasteiger partial charge in [-0.1, -0.05) is 5.16 Å². The van der Waals surface area contributed by atoms with Gasteiger partial charge in [-0.3, -0.25) is 0 Å². The van der Waals surface area contributed by atoms with E-state index in [0.29, 0.717) is 5.71 Å². The van der Waals surface area contributed by atoms with Gasteiger partial charge >= 0.3 is 5.97 Å². The van der Waals surface area contributed by atoms with Crippen molar-refractivity contribution >= 4 is 11.7 Å². The molecule has 0 amide bonds. The first kappa shape index (κ1) is 12.9. The van der Waals surface area contributed by atoms with Crippen LogP contribution < -0.4 is 4.57 Å². The molecule has 0 fully saturated rings. The van der Waals surface area contributed by atoms with E-state index >= 15 is 0 Å². The summed E-state index contributed by atoms with van der Waals surface area (Å²) < 4.78 is 6.39. The molecule has 0 aliphatic rings. The average Bonchev–Trinajstić information content (AvgIpc) is 2.34. The van der Waals surface area contributed by atoms with Gasteiger partial charge in [-0.2, -0.15) is 0 Å². The van der Waals surface area contributed by atoms with E-state index in [1.165, 1.54) is 20.3 Å². The quantitative estimate of drug-likeness (QED) is 0.252. The van der Waals surface area contributed by atoms with E-state index in [-0.39, 0.29) is 0 Å². The smallest absolute Gasteiger partial charge is 0.330 e. The lowest BCUT2D eigenvalue weighted by Crippen LogP contribution is -2.27. The molecule has 0 aromatic carbocycles. The van der Waals surface area contributed by atoms with E-state index in [2.05, 4.69) is 9.89 Å². The van der Waals surface area contributed by atoms with Crippen molar-refractivity contribution in [2.75, 3.05) is 14.2 Å². The molecule has 1 aromatic heterocycles. The van der Waals surface area contributed by atoms with Crippen LogP contribution in [0.2, 0.25) is 0 Å². The van der Waals surface area contributed by atoms with Crippen LogP contribution in [0.1, 0.15) is 5.56 Å². The second-order valence-electron chi connectivity index (χ2n) is 3.27. The summed E-state index contributed by atoms with van der Waals surface area (Å²) in [6.45, 7) is 0. The molecule has 5 nitrogen and oxygen atoms in total. The molecule has 0 N–H and O–H groups in total. The van der Waals surface area contributed by atoms with E-state index in [1.54, 1.807) is 6.08 Å². The van der Waals surface area contributed by atoms with Gasteiger partial charge in [-0.05, 0) is 12.1 Å². The first-order valence-corrected chi connectivity index (χ1v) is 5.00. The molecule has 90 valence electrons. The minimum atomic E-state index is -0.436. The fraction of sp³-hybridized carbons (Fsp3) is 0.250. The van der Waals surface area contributed by atoms with Crippen LogP contribution in [-0.4, -0.2) is 25.9 Å². The Kier molecular flexibility index (Phi) is 4.87. The van der Waals surface area contributed by atoms with E-state index in [4.69, 9.17) is 4.84 Å². The summed E-state index contributed by atoms with van der Waals surface area (Å²) in [6, 6.07) is 3.76. The summed E-state index contributed by atoms with van der Waals surface area (Å²) in [5.41, 5.74) is 1.39. The van der Waals surface area contributed by atoms with Crippen molar-refractivity contribution in [1.29, 1.82) is 0 Å². The van der Waals surface area contributed by atoms with Gasteiger partial charge in [0.2, 0.25) is 0 Å². The third-order valence-corrected chi connectivity index (χ3v) is 2.00. The molecule has 0 saturated carbocycles. The zero-order chi connectivity index (χ0) is 12.7. The minimum Gasteiger partial charge on any atom is -0.466 e. The van der Waals surface area contributed by atoms with Gasteiger partial charge in [-0.15, -0.1) is 0 Å². The van der Waals surface area contributed by atoms with Gasteiger partial charge in [0.1, 0.15) is 19.9 Å². The summed E-state index contributed by atoms with van der Waals surface area (Å²) in [6.07, 6.45) is 6.62. The lowest BCUT2D eigenvalue weighted by molar-refractivity contribution is -0.671. The van der Waals surface area contributed by atoms with Crippen molar-refractivity contribution in [2.45, 2.75) is 0 Å². The molecule has 1 heterocycles. The van der Waals surface area contributed by atoms with Crippen LogP contribution in [0.4, 0.5) is 0 Å². The lowest BCUT2D eigenvalue weighted by atomic mass is 10.1. The number of pyridine rings is 1. The van der Waals surface area contributed by atoms with E-state index in [9.17, 15) is 4.79 Å². The number of nitrogens with zero attached hydrogens (tertiary/aromatic N) is 2. The van der Waals surface area contributed by atoms with E-state index < -0.39 is 5.97 Å². The number of methoxy groups -OCH3 is 1. The first-order valence-electron chi connectivity index (χ1n) is 5.00. The van der Waals surface area contributed by atoms with Crippen LogP contribution in [-0.2, 0) is 21.4 Å². The van der Waals surface area contributed by atoms with Gasteiger partial charge in [0.15, 0.2) is 12.4 Å². The molecule has 0 aliphatic carbocycles. The maximum Gasteiger partial charge on any atom is 0.330 e. The Bertz CT molecular complexity index is 453. The second-order valence-corrected chi connectivity index (χ2v) is 3.27. The highest BCUT2D eigenvalue weighted by molar-refractivity contribution is 6.10. The number of aryl methyl sites for hydroxylation is 1. The number of carbonyl (C=O) groups is 1. The van der Waals surface area contributed by atoms with Crippen molar-refractivity contribution < 1.29 is 18.9 Å². The number of esters is 1. The Morgan fingerprint density at radius 2 is 2.18 bits per heavy atom. The minimum absolute atomic E-state index is 0.436. The third kappa shape index (κ3) is 4.06. The summed E-state index contributed by atoms with van der Waals surface area (Å²) in [4.78, 5) is 15.7. The second kappa shape index (κ2) is 6.42. The van der Waals surface area contributed by atoms with Crippen LogP contribution in [0.5, 0.6) is 0 Å². The molecule has 1 rings (SSSR count). The number of oxime groups is 1. The fourth-order valence-electron chi connectivity index (χ4n) is 1.23. The average molecular weight is 235 g/mol. The van der Waals surface area contributed by atoms with Crippen LogP contribution >= 0.6 is 0 Å². The maximum atomic E-state index is 11.0. The van der Waals surface area contributed by atoms with Gasteiger partial charge in [0, 0.05) is 12.1 Å². The summed E-state index contributed by atoms with van der Waals surface area (Å²) in [7, 11) is 4.68. The Morgan fingerprint density at radius 1 is 1.41 bits per heavy atom. The molecular formula is C12H15N2O3+. The molecule has 5 heteroatoms.